The van der Waals surface area contributed by atoms with E-state index in [1.165, 1.54) is 102 Å². The van der Waals surface area contributed by atoms with Crippen molar-refractivity contribution in [2.24, 2.45) is 0 Å². The normalized spacial score (nSPS) is 14.0. The summed E-state index contributed by atoms with van der Waals surface area (Å²) in [4.78, 5) is 0. The third-order valence-corrected chi connectivity index (χ3v) is 13.0. The first kappa shape index (κ1) is 30.6. The van der Waals surface area contributed by atoms with Gasteiger partial charge in [-0.2, -0.15) is 0 Å². The standard InChI is InChI=1S/C51H36OS/c1-30(20-21-32-29-51(2,3)43-18-10-8-12-33(32)43)47-34-13-4-6-15-36(34)48(37-16-7-5-14-35(37)47)31-22-27-46-42(28-31)40-24-23-38-39(50(40)53-46)25-26-45-49(38)41-17-9-11-19-44(41)52-45/h4-19,22-29H,1,20-21H2,2-3H3. The smallest absolute Gasteiger partial charge is 0.136 e. The zero-order valence-electron chi connectivity index (χ0n) is 29.8. The lowest BCUT2D eigenvalue weighted by Crippen LogP contribution is -2.10. The highest BCUT2D eigenvalue weighted by Crippen LogP contribution is 2.48. The first-order valence-corrected chi connectivity index (χ1v) is 19.4. The number of hydrogen-bond donors (Lipinski definition) is 0. The molecule has 1 aliphatic rings. The van der Waals surface area contributed by atoms with Crippen molar-refractivity contribution in [3.05, 3.63) is 169 Å². The van der Waals surface area contributed by atoms with E-state index in [0.717, 1.165) is 24.0 Å². The first-order chi connectivity index (χ1) is 25.9. The van der Waals surface area contributed by atoms with Crippen molar-refractivity contribution >= 4 is 96.9 Å². The largest absolute Gasteiger partial charge is 0.456 e. The van der Waals surface area contributed by atoms with E-state index in [9.17, 15) is 0 Å². The van der Waals surface area contributed by atoms with Crippen LogP contribution in [0.3, 0.4) is 0 Å². The van der Waals surface area contributed by atoms with Gasteiger partial charge in [0.15, 0.2) is 0 Å². The van der Waals surface area contributed by atoms with E-state index >= 15 is 0 Å². The number of benzene rings is 8. The molecule has 0 radical (unpaired) electrons. The van der Waals surface area contributed by atoms with E-state index in [4.69, 9.17) is 11.0 Å². The van der Waals surface area contributed by atoms with Crippen molar-refractivity contribution in [3.8, 4) is 11.1 Å². The lowest BCUT2D eigenvalue weighted by Gasteiger charge is -2.19. The van der Waals surface area contributed by atoms with Crippen LogP contribution in [-0.2, 0) is 5.41 Å². The van der Waals surface area contributed by atoms with Gasteiger partial charge in [-0.05, 0) is 109 Å². The molecular weight excluding hydrogens is 661 g/mol. The second-order valence-electron chi connectivity index (χ2n) is 15.3. The molecule has 0 N–H and O–H groups in total. The number of allylic oxidation sites excluding steroid dienone is 3. The maximum absolute atomic E-state index is 6.24. The Kier molecular flexibility index (Phi) is 6.52. The molecule has 0 fully saturated rings. The maximum Gasteiger partial charge on any atom is 0.136 e. The van der Waals surface area contributed by atoms with Crippen LogP contribution in [0.1, 0.15) is 43.4 Å². The van der Waals surface area contributed by atoms with E-state index in [-0.39, 0.29) is 5.41 Å². The molecular formula is C51H36OS. The second kappa shape index (κ2) is 11.3. The van der Waals surface area contributed by atoms with Gasteiger partial charge < -0.3 is 4.42 Å². The van der Waals surface area contributed by atoms with E-state index < -0.39 is 0 Å². The molecule has 2 heteroatoms. The van der Waals surface area contributed by atoms with Gasteiger partial charge in [-0.25, -0.2) is 0 Å². The van der Waals surface area contributed by atoms with Crippen LogP contribution in [0.4, 0.5) is 0 Å². The van der Waals surface area contributed by atoms with E-state index in [1.54, 1.807) is 0 Å². The van der Waals surface area contributed by atoms with Crippen LogP contribution in [0.25, 0.3) is 96.7 Å². The van der Waals surface area contributed by atoms with Gasteiger partial charge in [-0.15, -0.1) is 11.3 Å². The quantitative estimate of drug-likeness (QED) is 0.163. The van der Waals surface area contributed by atoms with Crippen LogP contribution < -0.4 is 0 Å². The molecule has 0 aliphatic heterocycles. The second-order valence-corrected chi connectivity index (χ2v) is 16.3. The fourth-order valence-corrected chi connectivity index (χ4v) is 10.6. The van der Waals surface area contributed by atoms with Crippen LogP contribution in [0.15, 0.2) is 157 Å². The minimum Gasteiger partial charge on any atom is -0.456 e. The molecule has 11 rings (SSSR count). The van der Waals surface area contributed by atoms with E-state index in [2.05, 4.69) is 153 Å². The van der Waals surface area contributed by atoms with Gasteiger partial charge >= 0.3 is 0 Å². The third kappa shape index (κ3) is 4.49. The zero-order chi connectivity index (χ0) is 35.4. The number of para-hydroxylation sites is 1. The average Bonchev–Trinajstić information content (AvgIpc) is 3.84. The molecule has 252 valence electrons. The minimum absolute atomic E-state index is 0.0531. The maximum atomic E-state index is 6.24. The Balaban J connectivity index is 1.06. The van der Waals surface area contributed by atoms with Crippen molar-refractivity contribution in [2.75, 3.05) is 0 Å². The van der Waals surface area contributed by atoms with E-state index in [0.29, 0.717) is 0 Å². The number of hydrogen-bond acceptors (Lipinski definition) is 2. The first-order valence-electron chi connectivity index (χ1n) is 18.6. The fourth-order valence-electron chi connectivity index (χ4n) is 9.37. The minimum atomic E-state index is 0.0531. The van der Waals surface area contributed by atoms with Crippen molar-refractivity contribution in [2.45, 2.75) is 32.1 Å². The molecule has 2 aromatic heterocycles. The van der Waals surface area contributed by atoms with Gasteiger partial charge in [0.25, 0.3) is 0 Å². The number of rotatable bonds is 5. The summed E-state index contributed by atoms with van der Waals surface area (Å²) >= 11 is 1.89. The van der Waals surface area contributed by atoms with Crippen LogP contribution in [0.2, 0.25) is 0 Å². The number of thiophene rings is 1. The zero-order valence-corrected chi connectivity index (χ0v) is 30.6. The van der Waals surface area contributed by atoms with Gasteiger partial charge in [-0.1, -0.05) is 136 Å². The van der Waals surface area contributed by atoms with Gasteiger partial charge in [0.05, 0.1) is 0 Å². The molecule has 0 saturated carbocycles. The summed E-state index contributed by atoms with van der Waals surface area (Å²) in [5, 5.41) is 12.6. The average molecular weight is 697 g/mol. The molecule has 0 atom stereocenters. The molecule has 0 saturated heterocycles. The van der Waals surface area contributed by atoms with E-state index in [1.807, 2.05) is 17.4 Å². The predicted octanol–water partition coefficient (Wildman–Crippen LogP) is 15.2. The summed E-state index contributed by atoms with van der Waals surface area (Å²) in [6, 6.07) is 51.3. The van der Waals surface area contributed by atoms with Crippen molar-refractivity contribution in [1.29, 1.82) is 0 Å². The third-order valence-electron chi connectivity index (χ3n) is 11.7. The van der Waals surface area contributed by atoms with Crippen LogP contribution in [-0.4, -0.2) is 0 Å². The van der Waals surface area contributed by atoms with Gasteiger partial charge in [0, 0.05) is 41.7 Å². The Morgan fingerprint density at radius 2 is 1.25 bits per heavy atom. The molecule has 10 aromatic rings. The highest BCUT2D eigenvalue weighted by molar-refractivity contribution is 7.26. The summed E-state index contributed by atoms with van der Waals surface area (Å²) in [5.74, 6) is 0. The molecule has 8 aromatic carbocycles. The van der Waals surface area contributed by atoms with Crippen LogP contribution >= 0.6 is 11.3 Å². The molecule has 0 amide bonds. The van der Waals surface area contributed by atoms with Gasteiger partial charge in [0.2, 0.25) is 0 Å². The Morgan fingerprint density at radius 1 is 0.604 bits per heavy atom. The molecule has 1 nitrogen and oxygen atoms in total. The molecule has 2 heterocycles. The summed E-state index contributed by atoms with van der Waals surface area (Å²) in [7, 11) is 0. The van der Waals surface area contributed by atoms with Crippen LogP contribution in [0.5, 0.6) is 0 Å². The highest BCUT2D eigenvalue weighted by Gasteiger charge is 2.29. The summed E-state index contributed by atoms with van der Waals surface area (Å²) in [5.41, 5.74) is 11.2. The Labute approximate surface area is 312 Å². The molecule has 0 unspecified atom stereocenters. The molecule has 0 bridgehead atoms. The summed E-state index contributed by atoms with van der Waals surface area (Å²) in [6.45, 7) is 9.42. The molecule has 0 spiro atoms. The lowest BCUT2D eigenvalue weighted by molar-refractivity contribution is 0.669. The number of furan rings is 1. The van der Waals surface area contributed by atoms with Gasteiger partial charge in [0.1, 0.15) is 11.2 Å². The molecule has 1 aliphatic carbocycles. The summed E-state index contributed by atoms with van der Waals surface area (Å²) in [6.07, 6.45) is 4.35. The number of fused-ring (bicyclic) bond motifs is 12. The predicted molar refractivity (Wildman–Crippen MR) is 230 cm³/mol. The topological polar surface area (TPSA) is 13.1 Å². The Hall–Kier alpha value is -5.96. The van der Waals surface area contributed by atoms with Crippen molar-refractivity contribution < 1.29 is 4.42 Å². The Bertz CT molecular complexity index is 3160. The van der Waals surface area contributed by atoms with Gasteiger partial charge in [-0.3, -0.25) is 0 Å². The monoisotopic (exact) mass is 696 g/mol. The van der Waals surface area contributed by atoms with Crippen molar-refractivity contribution in [3.63, 3.8) is 0 Å². The Morgan fingerprint density at radius 3 is 2.04 bits per heavy atom. The summed E-state index contributed by atoms with van der Waals surface area (Å²) < 4.78 is 8.87. The lowest BCUT2D eigenvalue weighted by atomic mass is 9.84. The van der Waals surface area contributed by atoms with Crippen molar-refractivity contribution in [1.82, 2.24) is 0 Å². The molecule has 53 heavy (non-hydrogen) atoms. The SMILES string of the molecule is C=C(CCC1=CC(C)(C)c2ccccc21)c1c2ccccc2c(-c2ccc3sc4c(ccc5c4ccc4oc6ccccc6c45)c3c2)c2ccccc12. The fraction of sp³-hybridized carbons (Fsp3) is 0.0980. The van der Waals surface area contributed by atoms with Crippen LogP contribution in [0, 0.1) is 0 Å². The highest BCUT2D eigenvalue weighted by atomic mass is 32.1.